The van der Waals surface area contributed by atoms with Crippen LogP contribution in [0.15, 0.2) is 55.0 Å². The van der Waals surface area contributed by atoms with Crippen LogP contribution in [0, 0.1) is 11.8 Å². The van der Waals surface area contributed by atoms with E-state index in [0.29, 0.717) is 58.8 Å². The van der Waals surface area contributed by atoms with E-state index in [-0.39, 0.29) is 41.8 Å². The molecule has 7 heterocycles. The number of likely N-dealkylation sites (tertiary alicyclic amines) is 1. The molecule has 10 rings (SSSR count). The van der Waals surface area contributed by atoms with Gasteiger partial charge >= 0.3 is 0 Å². The SMILES string of the molecule is CC(C)(C1CCN(c2ccc3c(c2)C(=O)N(C2CCC(=O)NC2=O)C3=O)CC1)N1CCC(N2Cc3cc(NC(=O)c4cnn5cccnc45)c(OCC4CC4)cc3C2=O)CC1. The Morgan fingerprint density at radius 3 is 2.41 bits per heavy atom. The summed E-state index contributed by atoms with van der Waals surface area (Å²) in [6.45, 7) is 9.01. The van der Waals surface area contributed by atoms with Crippen LogP contribution in [-0.4, -0.2) is 115 Å². The second-order valence-electron chi connectivity index (χ2n) is 17.9. The van der Waals surface area contributed by atoms with Gasteiger partial charge in [-0.1, -0.05) is 0 Å². The highest BCUT2D eigenvalue weighted by Gasteiger charge is 2.46. The Labute approximate surface area is 352 Å². The van der Waals surface area contributed by atoms with E-state index in [1.54, 1.807) is 35.1 Å². The van der Waals surface area contributed by atoms with Crippen molar-refractivity contribution >= 4 is 52.5 Å². The van der Waals surface area contributed by atoms with Crippen molar-refractivity contribution in [2.75, 3.05) is 43.0 Å². The number of aromatic nitrogens is 3. The van der Waals surface area contributed by atoms with Crippen molar-refractivity contribution in [3.05, 3.63) is 82.8 Å². The van der Waals surface area contributed by atoms with Crippen LogP contribution in [0.2, 0.25) is 0 Å². The van der Waals surface area contributed by atoms with Gasteiger partial charge in [0.25, 0.3) is 23.6 Å². The number of carbonyl (C=O) groups excluding carboxylic acids is 6. The Balaban J connectivity index is 0.763. The highest BCUT2D eigenvalue weighted by molar-refractivity contribution is 6.23. The summed E-state index contributed by atoms with van der Waals surface area (Å²) in [5, 5.41) is 9.55. The molecule has 16 heteroatoms. The van der Waals surface area contributed by atoms with E-state index in [1.165, 1.54) is 6.20 Å². The maximum Gasteiger partial charge on any atom is 0.262 e. The minimum atomic E-state index is -0.989. The summed E-state index contributed by atoms with van der Waals surface area (Å²) in [5.74, 6) is -0.937. The van der Waals surface area contributed by atoms with Gasteiger partial charge in [0.05, 0.1) is 29.6 Å². The van der Waals surface area contributed by atoms with Crippen LogP contribution in [0.3, 0.4) is 0 Å². The lowest BCUT2D eigenvalue weighted by Gasteiger charge is -2.50. The summed E-state index contributed by atoms with van der Waals surface area (Å²) in [6.07, 6.45) is 10.9. The molecule has 1 atom stereocenters. The molecule has 3 saturated heterocycles. The molecule has 4 fully saturated rings. The number of fused-ring (bicyclic) bond motifs is 3. The molecule has 2 aromatic carbocycles. The molecule has 2 N–H and O–H groups in total. The Morgan fingerprint density at radius 2 is 1.66 bits per heavy atom. The molecule has 316 valence electrons. The number of piperidine rings is 3. The van der Waals surface area contributed by atoms with E-state index in [0.717, 1.165) is 80.9 Å². The van der Waals surface area contributed by atoms with Gasteiger partial charge in [0.2, 0.25) is 11.8 Å². The molecular formula is C45H49N9O7. The molecule has 4 aromatic rings. The molecule has 0 bridgehead atoms. The second-order valence-corrected chi connectivity index (χ2v) is 17.9. The standard InChI is InChI=1S/C45H49N9O7/c1-45(2,28-10-16-50(17-11-28)30-6-7-31-33(21-30)44(60)54(43(31)59)36-8-9-38(55)49-41(36)57)51-18-12-29(13-19-51)52-24-27-20-35(37(22-32(27)42(52)58)61-25-26-4-5-26)48-40(56)34-23-47-53-15-3-14-46-39(34)53/h3,6-7,14-15,20-23,26,28-29,36H,4-5,8-13,16-19,24-25H2,1-2H3,(H,48,56)(H,49,55,57). The number of carbonyl (C=O) groups is 6. The molecule has 6 aliphatic rings. The summed E-state index contributed by atoms with van der Waals surface area (Å²) >= 11 is 0. The number of nitrogens with zero attached hydrogens (tertiary/aromatic N) is 7. The second kappa shape index (κ2) is 15.1. The predicted octanol–water partition coefficient (Wildman–Crippen LogP) is 4.29. The lowest BCUT2D eigenvalue weighted by Crippen LogP contribution is -2.57. The van der Waals surface area contributed by atoms with Gasteiger partial charge in [-0.25, -0.2) is 9.50 Å². The Hall–Kier alpha value is -6.16. The van der Waals surface area contributed by atoms with Gasteiger partial charge < -0.3 is 19.9 Å². The minimum absolute atomic E-state index is 0.00219. The van der Waals surface area contributed by atoms with E-state index < -0.39 is 29.7 Å². The number of ether oxygens (including phenoxy) is 1. The minimum Gasteiger partial charge on any atom is -0.491 e. The van der Waals surface area contributed by atoms with E-state index in [2.05, 4.69) is 44.4 Å². The van der Waals surface area contributed by atoms with Gasteiger partial charge in [0.15, 0.2) is 5.65 Å². The Bertz CT molecular complexity index is 2500. The fraction of sp³-hybridized carbons (Fsp3) is 0.467. The lowest BCUT2D eigenvalue weighted by atomic mass is 9.78. The first-order valence-electron chi connectivity index (χ1n) is 21.5. The van der Waals surface area contributed by atoms with Gasteiger partial charge in [-0.2, -0.15) is 5.10 Å². The zero-order valence-electron chi connectivity index (χ0n) is 34.4. The number of amides is 6. The zero-order chi connectivity index (χ0) is 42.2. The van der Waals surface area contributed by atoms with E-state index in [4.69, 9.17) is 4.74 Å². The van der Waals surface area contributed by atoms with E-state index >= 15 is 0 Å². The molecule has 5 aliphatic heterocycles. The van der Waals surface area contributed by atoms with Gasteiger partial charge in [-0.15, -0.1) is 0 Å². The first-order chi connectivity index (χ1) is 29.4. The smallest absolute Gasteiger partial charge is 0.262 e. The quantitative estimate of drug-likeness (QED) is 0.218. The maximum atomic E-state index is 14.0. The monoisotopic (exact) mass is 827 g/mol. The summed E-state index contributed by atoms with van der Waals surface area (Å²) in [4.78, 5) is 90.6. The number of imide groups is 2. The van der Waals surface area contributed by atoms with Crippen molar-refractivity contribution in [2.24, 2.45) is 11.8 Å². The van der Waals surface area contributed by atoms with Crippen LogP contribution in [0.25, 0.3) is 5.65 Å². The molecule has 61 heavy (non-hydrogen) atoms. The number of benzene rings is 2. The summed E-state index contributed by atoms with van der Waals surface area (Å²) < 4.78 is 7.80. The van der Waals surface area contributed by atoms with Gasteiger partial charge in [0, 0.05) is 74.4 Å². The van der Waals surface area contributed by atoms with Crippen molar-refractivity contribution in [3.8, 4) is 5.75 Å². The van der Waals surface area contributed by atoms with Crippen molar-refractivity contribution in [2.45, 2.75) is 89.4 Å². The van der Waals surface area contributed by atoms with Crippen molar-refractivity contribution in [1.29, 1.82) is 0 Å². The van der Waals surface area contributed by atoms with Gasteiger partial charge in [-0.05, 0) is 113 Å². The summed E-state index contributed by atoms with van der Waals surface area (Å²) in [7, 11) is 0. The Kier molecular flexibility index (Phi) is 9.64. The number of anilines is 2. The van der Waals surface area contributed by atoms with Crippen LogP contribution < -0.4 is 20.3 Å². The van der Waals surface area contributed by atoms with Crippen molar-refractivity contribution < 1.29 is 33.5 Å². The molecule has 16 nitrogen and oxygen atoms in total. The third-order valence-electron chi connectivity index (χ3n) is 14.0. The first-order valence-corrected chi connectivity index (χ1v) is 21.5. The fourth-order valence-electron chi connectivity index (χ4n) is 10.1. The zero-order valence-corrected chi connectivity index (χ0v) is 34.4. The highest BCUT2D eigenvalue weighted by atomic mass is 16.5. The van der Waals surface area contributed by atoms with Crippen molar-refractivity contribution in [1.82, 2.24) is 34.6 Å². The van der Waals surface area contributed by atoms with Crippen molar-refractivity contribution in [3.63, 3.8) is 0 Å². The molecule has 6 amide bonds. The van der Waals surface area contributed by atoms with Crippen LogP contribution >= 0.6 is 0 Å². The predicted molar refractivity (Wildman–Crippen MR) is 222 cm³/mol. The summed E-state index contributed by atoms with van der Waals surface area (Å²) in [6, 6.07) is 9.90. The topological polar surface area (TPSA) is 179 Å². The molecule has 0 radical (unpaired) electrons. The first kappa shape index (κ1) is 39.0. The largest absolute Gasteiger partial charge is 0.491 e. The summed E-state index contributed by atoms with van der Waals surface area (Å²) in [5.41, 5.74) is 4.22. The third kappa shape index (κ3) is 6.99. The Morgan fingerprint density at radius 1 is 0.885 bits per heavy atom. The number of nitrogens with one attached hydrogen (secondary N) is 2. The third-order valence-corrected chi connectivity index (χ3v) is 14.0. The van der Waals surface area contributed by atoms with E-state index in [1.807, 2.05) is 23.1 Å². The lowest BCUT2D eigenvalue weighted by molar-refractivity contribution is -0.136. The maximum absolute atomic E-state index is 14.0. The van der Waals surface area contributed by atoms with Gasteiger partial charge in [-0.3, -0.25) is 43.9 Å². The van der Waals surface area contributed by atoms with Crippen LogP contribution in [-0.2, 0) is 16.1 Å². The fourth-order valence-corrected chi connectivity index (χ4v) is 10.1. The average Bonchev–Trinajstić information content (AvgIpc) is 3.83. The molecule has 1 saturated carbocycles. The van der Waals surface area contributed by atoms with Crippen LogP contribution in [0.5, 0.6) is 5.75 Å². The van der Waals surface area contributed by atoms with E-state index in [9.17, 15) is 28.8 Å². The number of hydrogen-bond donors (Lipinski definition) is 2. The highest BCUT2D eigenvalue weighted by Crippen LogP contribution is 2.41. The molecular weight excluding hydrogens is 779 g/mol. The number of hydrogen-bond acceptors (Lipinski definition) is 11. The van der Waals surface area contributed by atoms with Crippen LogP contribution in [0.4, 0.5) is 11.4 Å². The molecule has 1 unspecified atom stereocenters. The van der Waals surface area contributed by atoms with Crippen LogP contribution in [0.1, 0.15) is 112 Å². The molecule has 2 aromatic heterocycles. The molecule has 0 spiro atoms. The molecule has 1 aliphatic carbocycles. The normalized spacial score (nSPS) is 21.6. The van der Waals surface area contributed by atoms with Gasteiger partial charge in [0.1, 0.15) is 17.4 Å². The average molecular weight is 828 g/mol. The number of rotatable bonds is 10.